The molecule has 1 heterocycles. The maximum Gasteiger partial charge on any atom is 0.0474 e. The smallest absolute Gasteiger partial charge is 0.0474 e. The first-order valence-corrected chi connectivity index (χ1v) is 3.45. The molecule has 10 heavy (non-hydrogen) atoms. The van der Waals surface area contributed by atoms with Crippen molar-refractivity contribution in [3.05, 3.63) is 11.4 Å². The van der Waals surface area contributed by atoms with E-state index in [-0.39, 0.29) is 0 Å². The van der Waals surface area contributed by atoms with E-state index in [1.165, 1.54) is 0 Å². The number of hydrazine groups is 1. The van der Waals surface area contributed by atoms with Gasteiger partial charge in [-0.15, -0.1) is 0 Å². The van der Waals surface area contributed by atoms with Gasteiger partial charge in [-0.3, -0.25) is 5.84 Å². The summed E-state index contributed by atoms with van der Waals surface area (Å²) in [7, 11) is 1.90. The van der Waals surface area contributed by atoms with Crippen molar-refractivity contribution >= 4 is 0 Å². The predicted molar refractivity (Wildman–Crippen MR) is 40.9 cm³/mol. The second kappa shape index (κ2) is 3.43. The van der Waals surface area contributed by atoms with E-state index < -0.39 is 0 Å². The first kappa shape index (κ1) is 7.37. The molecule has 0 fully saturated rings. The van der Waals surface area contributed by atoms with Crippen LogP contribution in [-0.2, 0) is 0 Å². The van der Waals surface area contributed by atoms with Gasteiger partial charge < -0.3 is 16.1 Å². The minimum atomic E-state index is 0.885. The fraction of sp³-hybridized carbons (Fsp3) is 0.667. The highest BCUT2D eigenvalue weighted by Gasteiger charge is 2.08. The second-order valence-electron chi connectivity index (χ2n) is 2.28. The molecule has 0 saturated carbocycles. The topological polar surface area (TPSA) is 62.1 Å². The highest BCUT2D eigenvalue weighted by molar-refractivity contribution is 5.14. The lowest BCUT2D eigenvalue weighted by atomic mass is 10.2. The van der Waals surface area contributed by atoms with Crippen molar-refractivity contribution in [2.45, 2.75) is 6.42 Å². The maximum atomic E-state index is 5.29. The molecule has 5 N–H and O–H groups in total. The van der Waals surface area contributed by atoms with E-state index >= 15 is 0 Å². The third-order valence-electron chi connectivity index (χ3n) is 1.69. The lowest BCUT2D eigenvalue weighted by Gasteiger charge is -2.20. The molecular formula is C6H14N4. The number of likely N-dealkylation sites (N-methyl/N-ethyl adjacent to an activating group) is 1. The number of hydrogen-bond donors (Lipinski definition) is 4. The number of hydrogen-bond acceptors (Lipinski definition) is 4. The molecule has 1 aliphatic rings. The molecule has 0 bridgehead atoms. The average Bonchev–Trinajstić information content (AvgIpc) is 2.04. The van der Waals surface area contributed by atoms with Crippen LogP contribution >= 0.6 is 0 Å². The van der Waals surface area contributed by atoms with Crippen molar-refractivity contribution in [3.63, 3.8) is 0 Å². The van der Waals surface area contributed by atoms with Crippen LogP contribution in [0.15, 0.2) is 11.4 Å². The Morgan fingerprint density at radius 3 is 2.80 bits per heavy atom. The molecule has 0 aromatic rings. The minimum absolute atomic E-state index is 0.885. The van der Waals surface area contributed by atoms with Crippen molar-refractivity contribution in [2.75, 3.05) is 20.1 Å². The largest absolute Gasteiger partial charge is 0.389 e. The van der Waals surface area contributed by atoms with Gasteiger partial charge in [-0.1, -0.05) is 0 Å². The van der Waals surface area contributed by atoms with Crippen LogP contribution in [0.3, 0.4) is 0 Å². The van der Waals surface area contributed by atoms with Gasteiger partial charge in [0, 0.05) is 38.0 Å². The Kier molecular flexibility index (Phi) is 2.53. The van der Waals surface area contributed by atoms with Crippen LogP contribution in [0, 0.1) is 0 Å². The van der Waals surface area contributed by atoms with Crippen molar-refractivity contribution < 1.29 is 0 Å². The van der Waals surface area contributed by atoms with E-state index in [1.54, 1.807) is 0 Å². The van der Waals surface area contributed by atoms with Gasteiger partial charge in [-0.2, -0.15) is 0 Å². The van der Waals surface area contributed by atoms with E-state index in [2.05, 4.69) is 16.1 Å². The van der Waals surface area contributed by atoms with Gasteiger partial charge in [-0.25, -0.2) is 0 Å². The van der Waals surface area contributed by atoms with Crippen LogP contribution in [0.4, 0.5) is 0 Å². The highest BCUT2D eigenvalue weighted by Crippen LogP contribution is 2.04. The molecule has 0 saturated heterocycles. The molecule has 4 nitrogen and oxygen atoms in total. The lowest BCUT2D eigenvalue weighted by molar-refractivity contribution is 0.606. The fourth-order valence-corrected chi connectivity index (χ4v) is 1.08. The average molecular weight is 142 g/mol. The molecule has 0 radical (unpaired) electrons. The Morgan fingerprint density at radius 2 is 2.30 bits per heavy atom. The van der Waals surface area contributed by atoms with E-state index in [0.717, 1.165) is 30.9 Å². The van der Waals surface area contributed by atoms with Crippen molar-refractivity contribution in [1.29, 1.82) is 0 Å². The molecule has 0 aromatic carbocycles. The van der Waals surface area contributed by atoms with Crippen molar-refractivity contribution in [3.8, 4) is 0 Å². The summed E-state index contributed by atoms with van der Waals surface area (Å²) in [6.07, 6.45) is 0.979. The standard InChI is InChI=1S/C6H14N4/c1-8-6-4-9-3-2-5(6)10-7/h8-10H,2-4,7H2,1H3. The molecular weight excluding hydrogens is 128 g/mol. The summed E-state index contributed by atoms with van der Waals surface area (Å²) in [5, 5.41) is 6.31. The maximum absolute atomic E-state index is 5.29. The first-order valence-electron chi connectivity index (χ1n) is 3.45. The fourth-order valence-electron chi connectivity index (χ4n) is 1.08. The van der Waals surface area contributed by atoms with E-state index in [4.69, 9.17) is 5.84 Å². The zero-order chi connectivity index (χ0) is 7.40. The van der Waals surface area contributed by atoms with E-state index in [9.17, 15) is 0 Å². The molecule has 0 atom stereocenters. The zero-order valence-electron chi connectivity index (χ0n) is 6.20. The molecule has 0 spiro atoms. The number of nitrogens with one attached hydrogen (secondary N) is 3. The zero-order valence-corrected chi connectivity index (χ0v) is 6.20. The van der Waals surface area contributed by atoms with Crippen LogP contribution in [0.2, 0.25) is 0 Å². The number of nitrogens with two attached hydrogens (primary N) is 1. The van der Waals surface area contributed by atoms with Gasteiger partial charge in [0.25, 0.3) is 0 Å². The van der Waals surface area contributed by atoms with Crippen LogP contribution in [0.25, 0.3) is 0 Å². The normalized spacial score (nSPS) is 19.0. The molecule has 0 aromatic heterocycles. The second-order valence-corrected chi connectivity index (χ2v) is 2.28. The van der Waals surface area contributed by atoms with Crippen molar-refractivity contribution in [2.24, 2.45) is 5.84 Å². The van der Waals surface area contributed by atoms with E-state index in [1.807, 2.05) is 7.05 Å². The molecule has 58 valence electrons. The number of rotatable bonds is 2. The summed E-state index contributed by atoms with van der Waals surface area (Å²) in [6.45, 7) is 1.89. The lowest BCUT2D eigenvalue weighted by Crippen LogP contribution is -2.37. The SMILES string of the molecule is CNC1=C(NN)CCNC1. The Bertz CT molecular complexity index is 125. The van der Waals surface area contributed by atoms with Gasteiger partial charge in [0.2, 0.25) is 0 Å². The Morgan fingerprint density at radius 1 is 1.50 bits per heavy atom. The van der Waals surface area contributed by atoms with Crippen LogP contribution in [0.5, 0.6) is 0 Å². The van der Waals surface area contributed by atoms with Gasteiger partial charge >= 0.3 is 0 Å². The Balaban J connectivity index is 2.63. The van der Waals surface area contributed by atoms with Crippen LogP contribution < -0.4 is 21.9 Å². The molecule has 1 aliphatic heterocycles. The van der Waals surface area contributed by atoms with Gasteiger partial charge in [-0.05, 0) is 0 Å². The third kappa shape index (κ3) is 1.40. The first-order chi connectivity index (χ1) is 4.88. The quantitative estimate of drug-likeness (QED) is 0.291. The van der Waals surface area contributed by atoms with Gasteiger partial charge in [0.05, 0.1) is 0 Å². The van der Waals surface area contributed by atoms with Crippen LogP contribution in [-0.4, -0.2) is 20.1 Å². The predicted octanol–water partition coefficient (Wildman–Crippen LogP) is -1.13. The summed E-state index contributed by atoms with van der Waals surface area (Å²) in [5.41, 5.74) is 4.96. The highest BCUT2D eigenvalue weighted by atomic mass is 15.2. The summed E-state index contributed by atoms with van der Waals surface area (Å²) < 4.78 is 0. The molecule has 0 unspecified atom stereocenters. The molecule has 0 amide bonds. The summed E-state index contributed by atoms with van der Waals surface area (Å²) >= 11 is 0. The van der Waals surface area contributed by atoms with Gasteiger partial charge in [0.1, 0.15) is 0 Å². The summed E-state index contributed by atoms with van der Waals surface area (Å²) in [6, 6.07) is 0. The van der Waals surface area contributed by atoms with Crippen LogP contribution in [0.1, 0.15) is 6.42 Å². The van der Waals surface area contributed by atoms with Gasteiger partial charge in [0.15, 0.2) is 0 Å². The monoisotopic (exact) mass is 142 g/mol. The van der Waals surface area contributed by atoms with E-state index in [0.29, 0.717) is 0 Å². The summed E-state index contributed by atoms with van der Waals surface area (Å²) in [4.78, 5) is 0. The third-order valence-corrected chi connectivity index (χ3v) is 1.69. The molecule has 1 rings (SSSR count). The minimum Gasteiger partial charge on any atom is -0.389 e. The molecule has 0 aliphatic carbocycles. The molecule has 4 heteroatoms. The Hall–Kier alpha value is -0.740. The van der Waals surface area contributed by atoms with Crippen molar-refractivity contribution in [1.82, 2.24) is 16.1 Å². The summed E-state index contributed by atoms with van der Waals surface area (Å²) in [5.74, 6) is 5.29. The Labute approximate surface area is 60.8 Å².